The number of rotatable bonds is 4. The number of hydrogen-bond acceptors (Lipinski definition) is 5. The molecule has 0 aliphatic carbocycles. The topological polar surface area (TPSA) is 70.3 Å². The van der Waals surface area contributed by atoms with Crippen LogP contribution in [0, 0.1) is 0 Å². The predicted octanol–water partition coefficient (Wildman–Crippen LogP) is 2.39. The van der Waals surface area contributed by atoms with Crippen molar-refractivity contribution in [3.63, 3.8) is 0 Å². The molecule has 2 rings (SSSR count). The zero-order valence-electron chi connectivity index (χ0n) is 9.76. The van der Waals surface area contributed by atoms with Crippen LogP contribution in [0.3, 0.4) is 0 Å². The summed E-state index contributed by atoms with van der Waals surface area (Å²) < 4.78 is 10.5. The summed E-state index contributed by atoms with van der Waals surface area (Å²) >= 11 is 5.94. The third-order valence-electron chi connectivity index (χ3n) is 2.25. The minimum Gasteiger partial charge on any atom is -0.467 e. The Kier molecular flexibility index (Phi) is 3.96. The van der Waals surface area contributed by atoms with Gasteiger partial charge in [0.05, 0.1) is 13.3 Å². The van der Waals surface area contributed by atoms with E-state index in [0.717, 1.165) is 5.56 Å². The highest BCUT2D eigenvalue weighted by Crippen LogP contribution is 2.27. The molecular formula is C12H12ClN3O2. The van der Waals surface area contributed by atoms with Crippen molar-refractivity contribution in [1.29, 1.82) is 0 Å². The van der Waals surface area contributed by atoms with Gasteiger partial charge in [0.1, 0.15) is 10.8 Å². The Bertz CT molecular complexity index is 531. The van der Waals surface area contributed by atoms with Gasteiger partial charge in [0, 0.05) is 6.54 Å². The first-order chi connectivity index (χ1) is 8.72. The SMILES string of the molecule is COc1ncc(Cl)c(Oc2ccc(CN)cc2)n1. The van der Waals surface area contributed by atoms with E-state index in [1.54, 1.807) is 12.1 Å². The van der Waals surface area contributed by atoms with Gasteiger partial charge < -0.3 is 15.2 Å². The number of nitrogens with two attached hydrogens (primary N) is 1. The van der Waals surface area contributed by atoms with E-state index in [-0.39, 0.29) is 11.9 Å². The monoisotopic (exact) mass is 265 g/mol. The average Bonchev–Trinajstić information content (AvgIpc) is 2.42. The number of halogens is 1. The number of methoxy groups -OCH3 is 1. The maximum Gasteiger partial charge on any atom is 0.319 e. The third kappa shape index (κ3) is 2.88. The molecule has 0 aliphatic rings. The third-order valence-corrected chi connectivity index (χ3v) is 2.51. The molecule has 0 bridgehead atoms. The van der Waals surface area contributed by atoms with E-state index in [4.69, 9.17) is 26.8 Å². The predicted molar refractivity (Wildman–Crippen MR) is 68.0 cm³/mol. The fraction of sp³-hybridized carbons (Fsp3) is 0.167. The van der Waals surface area contributed by atoms with Crippen molar-refractivity contribution in [2.24, 2.45) is 5.73 Å². The van der Waals surface area contributed by atoms with E-state index in [0.29, 0.717) is 17.3 Å². The Labute approximate surface area is 110 Å². The Hall–Kier alpha value is -1.85. The summed E-state index contributed by atoms with van der Waals surface area (Å²) in [7, 11) is 1.48. The molecule has 0 saturated carbocycles. The molecule has 5 nitrogen and oxygen atoms in total. The Morgan fingerprint density at radius 1 is 1.28 bits per heavy atom. The average molecular weight is 266 g/mol. The molecular weight excluding hydrogens is 254 g/mol. The van der Waals surface area contributed by atoms with E-state index < -0.39 is 0 Å². The molecule has 0 amide bonds. The van der Waals surface area contributed by atoms with Gasteiger partial charge in [-0.15, -0.1) is 0 Å². The summed E-state index contributed by atoms with van der Waals surface area (Å²) in [6.07, 6.45) is 1.43. The van der Waals surface area contributed by atoms with Crippen LogP contribution in [-0.2, 0) is 6.54 Å². The lowest BCUT2D eigenvalue weighted by molar-refractivity contribution is 0.366. The maximum atomic E-state index is 5.94. The zero-order chi connectivity index (χ0) is 13.0. The molecule has 0 aliphatic heterocycles. The summed E-state index contributed by atoms with van der Waals surface area (Å²) in [5, 5.41) is 0.318. The molecule has 6 heteroatoms. The van der Waals surface area contributed by atoms with Gasteiger partial charge in [0.25, 0.3) is 0 Å². The Morgan fingerprint density at radius 3 is 2.61 bits per heavy atom. The second-order valence-corrected chi connectivity index (χ2v) is 3.87. The minimum atomic E-state index is 0.202. The van der Waals surface area contributed by atoms with Crippen LogP contribution >= 0.6 is 11.6 Å². The molecule has 2 N–H and O–H groups in total. The molecule has 0 saturated heterocycles. The lowest BCUT2D eigenvalue weighted by Crippen LogP contribution is -1.97. The first kappa shape index (κ1) is 12.6. The van der Waals surface area contributed by atoms with E-state index in [2.05, 4.69) is 9.97 Å². The molecule has 0 fully saturated rings. The smallest absolute Gasteiger partial charge is 0.319 e. The Balaban J connectivity index is 2.21. The van der Waals surface area contributed by atoms with Gasteiger partial charge in [-0.25, -0.2) is 4.98 Å². The number of hydrogen-bond donors (Lipinski definition) is 1. The van der Waals surface area contributed by atoms with Crippen LogP contribution in [0.1, 0.15) is 5.56 Å². The maximum absolute atomic E-state index is 5.94. The highest BCUT2D eigenvalue weighted by Gasteiger charge is 2.08. The molecule has 1 heterocycles. The number of nitrogens with zero attached hydrogens (tertiary/aromatic N) is 2. The summed E-state index contributed by atoms with van der Waals surface area (Å²) in [5.41, 5.74) is 6.54. The van der Waals surface area contributed by atoms with Gasteiger partial charge in [0.2, 0.25) is 5.88 Å². The van der Waals surface area contributed by atoms with Gasteiger partial charge in [-0.2, -0.15) is 4.98 Å². The fourth-order valence-electron chi connectivity index (χ4n) is 1.31. The molecule has 0 unspecified atom stereocenters. The van der Waals surface area contributed by atoms with E-state index in [1.165, 1.54) is 13.3 Å². The van der Waals surface area contributed by atoms with Crippen LogP contribution < -0.4 is 15.2 Å². The van der Waals surface area contributed by atoms with Crippen LogP contribution in [0.4, 0.5) is 0 Å². The van der Waals surface area contributed by atoms with Crippen molar-refractivity contribution < 1.29 is 9.47 Å². The summed E-state index contributed by atoms with van der Waals surface area (Å²) in [6, 6.07) is 7.55. The lowest BCUT2D eigenvalue weighted by Gasteiger charge is -2.07. The highest BCUT2D eigenvalue weighted by molar-refractivity contribution is 6.31. The lowest BCUT2D eigenvalue weighted by atomic mass is 10.2. The first-order valence-electron chi connectivity index (χ1n) is 5.26. The molecule has 1 aromatic heterocycles. The molecule has 0 spiro atoms. The van der Waals surface area contributed by atoms with Crippen LogP contribution in [-0.4, -0.2) is 17.1 Å². The molecule has 0 radical (unpaired) electrons. The largest absolute Gasteiger partial charge is 0.467 e. The normalized spacial score (nSPS) is 10.2. The van der Waals surface area contributed by atoms with Gasteiger partial charge in [0.15, 0.2) is 0 Å². The standard InChI is InChI=1S/C12H12ClN3O2/c1-17-12-15-7-10(13)11(16-12)18-9-4-2-8(6-14)3-5-9/h2-5,7H,6,14H2,1H3. The second kappa shape index (κ2) is 5.66. The van der Waals surface area contributed by atoms with Crippen molar-refractivity contribution in [2.75, 3.05) is 7.11 Å². The summed E-state index contributed by atoms with van der Waals surface area (Å²) in [6.45, 7) is 0.488. The van der Waals surface area contributed by atoms with Gasteiger partial charge in [-0.05, 0) is 17.7 Å². The van der Waals surface area contributed by atoms with Gasteiger partial charge >= 0.3 is 6.01 Å². The van der Waals surface area contributed by atoms with E-state index >= 15 is 0 Å². The highest BCUT2D eigenvalue weighted by atomic mass is 35.5. The van der Waals surface area contributed by atoms with E-state index in [9.17, 15) is 0 Å². The van der Waals surface area contributed by atoms with Crippen molar-refractivity contribution >= 4 is 11.6 Å². The first-order valence-corrected chi connectivity index (χ1v) is 5.64. The van der Waals surface area contributed by atoms with Gasteiger partial charge in [-0.1, -0.05) is 23.7 Å². The van der Waals surface area contributed by atoms with Crippen molar-refractivity contribution in [3.8, 4) is 17.6 Å². The summed E-state index contributed by atoms with van der Waals surface area (Å²) in [5.74, 6) is 0.874. The molecule has 1 aromatic carbocycles. The van der Waals surface area contributed by atoms with Crippen molar-refractivity contribution in [3.05, 3.63) is 41.0 Å². The zero-order valence-corrected chi connectivity index (χ0v) is 10.5. The second-order valence-electron chi connectivity index (χ2n) is 3.46. The quantitative estimate of drug-likeness (QED) is 0.919. The van der Waals surface area contributed by atoms with Crippen LogP contribution in [0.15, 0.2) is 30.5 Å². The van der Waals surface area contributed by atoms with Crippen molar-refractivity contribution in [1.82, 2.24) is 9.97 Å². The number of benzene rings is 1. The van der Waals surface area contributed by atoms with Crippen LogP contribution in [0.5, 0.6) is 17.6 Å². The molecule has 18 heavy (non-hydrogen) atoms. The molecule has 2 aromatic rings. The van der Waals surface area contributed by atoms with Gasteiger partial charge in [-0.3, -0.25) is 0 Å². The van der Waals surface area contributed by atoms with E-state index in [1.807, 2.05) is 12.1 Å². The van der Waals surface area contributed by atoms with Crippen LogP contribution in [0.25, 0.3) is 0 Å². The molecule has 94 valence electrons. The minimum absolute atomic E-state index is 0.202. The van der Waals surface area contributed by atoms with Crippen LogP contribution in [0.2, 0.25) is 5.02 Å². The van der Waals surface area contributed by atoms with Crippen molar-refractivity contribution in [2.45, 2.75) is 6.54 Å². The number of ether oxygens (including phenoxy) is 2. The number of aromatic nitrogens is 2. The fourth-order valence-corrected chi connectivity index (χ4v) is 1.44. The molecule has 0 atom stereocenters. The Morgan fingerprint density at radius 2 is 2.00 bits per heavy atom. The summed E-state index contributed by atoms with van der Waals surface area (Å²) in [4.78, 5) is 7.88.